The zero-order valence-corrected chi connectivity index (χ0v) is 9.38. The Bertz CT molecular complexity index is 437. The van der Waals surface area contributed by atoms with Crippen LogP contribution in [0.25, 0.3) is 0 Å². The smallest absolute Gasteiger partial charge is 0.320 e. The van der Waals surface area contributed by atoms with E-state index in [4.69, 9.17) is 10.8 Å². The lowest BCUT2D eigenvalue weighted by Crippen LogP contribution is -2.33. The van der Waals surface area contributed by atoms with Crippen LogP contribution in [-0.4, -0.2) is 21.7 Å². The molecular weight excluding hydrogens is 208 g/mol. The predicted octanol–water partition coefficient (Wildman–Crippen LogP) is 0.384. The molecule has 0 saturated carbocycles. The highest BCUT2D eigenvalue weighted by Crippen LogP contribution is 2.05. The van der Waals surface area contributed by atoms with Gasteiger partial charge in [-0.2, -0.15) is 0 Å². The Kier molecular flexibility index (Phi) is 3.84. The van der Waals surface area contributed by atoms with Crippen molar-refractivity contribution >= 4 is 5.97 Å². The van der Waals surface area contributed by atoms with Gasteiger partial charge in [0.25, 0.3) is 5.56 Å². The fourth-order valence-corrected chi connectivity index (χ4v) is 1.42. The molecular formula is C11H16N2O3. The van der Waals surface area contributed by atoms with Gasteiger partial charge in [-0.05, 0) is 25.8 Å². The number of pyridine rings is 1. The molecule has 3 N–H and O–H groups in total. The van der Waals surface area contributed by atoms with Gasteiger partial charge in [0.1, 0.15) is 6.04 Å². The minimum Gasteiger partial charge on any atom is -0.480 e. The molecule has 0 aliphatic heterocycles. The van der Waals surface area contributed by atoms with E-state index in [1.807, 2.05) is 13.8 Å². The van der Waals surface area contributed by atoms with Gasteiger partial charge >= 0.3 is 5.97 Å². The minimum absolute atomic E-state index is 0.0495. The fraction of sp³-hybridized carbons (Fsp3) is 0.455. The Morgan fingerprint density at radius 3 is 2.62 bits per heavy atom. The summed E-state index contributed by atoms with van der Waals surface area (Å²) in [5, 5.41) is 8.68. The maximum atomic E-state index is 11.4. The van der Waals surface area contributed by atoms with Crippen LogP contribution in [0, 0.1) is 0 Å². The second kappa shape index (κ2) is 4.94. The second-order valence-electron chi connectivity index (χ2n) is 4.03. The van der Waals surface area contributed by atoms with E-state index in [9.17, 15) is 9.59 Å². The number of carboxylic acid groups (broad SMARTS) is 1. The van der Waals surface area contributed by atoms with Crippen LogP contribution in [0.1, 0.15) is 25.5 Å². The lowest BCUT2D eigenvalue weighted by Gasteiger charge is -2.12. The van der Waals surface area contributed by atoms with E-state index in [-0.39, 0.29) is 18.0 Å². The zero-order chi connectivity index (χ0) is 12.3. The quantitative estimate of drug-likeness (QED) is 0.774. The van der Waals surface area contributed by atoms with Gasteiger partial charge in [0.2, 0.25) is 0 Å². The molecule has 0 radical (unpaired) electrons. The second-order valence-corrected chi connectivity index (χ2v) is 4.03. The van der Waals surface area contributed by atoms with E-state index in [0.29, 0.717) is 0 Å². The van der Waals surface area contributed by atoms with Crippen molar-refractivity contribution in [3.63, 3.8) is 0 Å². The summed E-state index contributed by atoms with van der Waals surface area (Å²) in [4.78, 5) is 22.0. The summed E-state index contributed by atoms with van der Waals surface area (Å²) in [6.07, 6.45) is 1.89. The first kappa shape index (κ1) is 12.4. The largest absolute Gasteiger partial charge is 0.480 e. The highest BCUT2D eigenvalue weighted by atomic mass is 16.4. The average Bonchev–Trinajstić information content (AvgIpc) is 2.20. The van der Waals surface area contributed by atoms with Gasteiger partial charge in [-0.3, -0.25) is 9.59 Å². The molecule has 5 heteroatoms. The van der Waals surface area contributed by atoms with Crippen molar-refractivity contribution in [3.05, 3.63) is 34.2 Å². The molecule has 1 aromatic rings. The Morgan fingerprint density at radius 1 is 1.50 bits per heavy atom. The molecule has 0 aromatic carbocycles. The topological polar surface area (TPSA) is 85.3 Å². The first-order valence-corrected chi connectivity index (χ1v) is 5.11. The van der Waals surface area contributed by atoms with E-state index < -0.39 is 12.0 Å². The third-order valence-corrected chi connectivity index (χ3v) is 2.33. The number of aromatic nitrogens is 1. The van der Waals surface area contributed by atoms with Crippen LogP contribution in [0.5, 0.6) is 0 Å². The molecule has 5 nitrogen and oxygen atoms in total. The monoisotopic (exact) mass is 224 g/mol. The van der Waals surface area contributed by atoms with Crippen molar-refractivity contribution < 1.29 is 9.90 Å². The molecule has 0 bridgehead atoms. The molecule has 0 aliphatic carbocycles. The van der Waals surface area contributed by atoms with Crippen LogP contribution in [0.2, 0.25) is 0 Å². The van der Waals surface area contributed by atoms with Crippen LogP contribution < -0.4 is 11.3 Å². The maximum absolute atomic E-state index is 11.4. The molecule has 0 fully saturated rings. The number of aliphatic carboxylic acids is 1. The molecule has 0 spiro atoms. The molecule has 88 valence electrons. The van der Waals surface area contributed by atoms with Crippen molar-refractivity contribution in [1.82, 2.24) is 4.57 Å². The third kappa shape index (κ3) is 2.93. The van der Waals surface area contributed by atoms with Crippen LogP contribution in [0.4, 0.5) is 0 Å². The molecule has 0 unspecified atom stereocenters. The van der Waals surface area contributed by atoms with E-state index in [0.717, 1.165) is 5.56 Å². The Labute approximate surface area is 93.5 Å². The van der Waals surface area contributed by atoms with Crippen molar-refractivity contribution in [1.29, 1.82) is 0 Å². The number of nitrogens with two attached hydrogens (primary N) is 1. The first-order valence-electron chi connectivity index (χ1n) is 5.11. The van der Waals surface area contributed by atoms with Crippen LogP contribution in [0.15, 0.2) is 23.1 Å². The third-order valence-electron chi connectivity index (χ3n) is 2.33. The number of rotatable bonds is 4. The van der Waals surface area contributed by atoms with Crippen LogP contribution in [0.3, 0.4) is 0 Å². The highest BCUT2D eigenvalue weighted by Gasteiger charge is 2.13. The van der Waals surface area contributed by atoms with Crippen molar-refractivity contribution in [2.45, 2.75) is 32.4 Å². The SMILES string of the molecule is CC(C)n1cc(C[C@@H](N)C(=O)O)ccc1=O. The molecule has 16 heavy (non-hydrogen) atoms. The fourth-order valence-electron chi connectivity index (χ4n) is 1.42. The van der Waals surface area contributed by atoms with Crippen molar-refractivity contribution in [2.24, 2.45) is 5.73 Å². The minimum atomic E-state index is -1.04. The molecule has 1 atom stereocenters. The van der Waals surface area contributed by atoms with Gasteiger partial charge < -0.3 is 15.4 Å². The lowest BCUT2D eigenvalue weighted by molar-refractivity contribution is -0.138. The van der Waals surface area contributed by atoms with Crippen LogP contribution >= 0.6 is 0 Å². The van der Waals surface area contributed by atoms with Gasteiger partial charge in [0, 0.05) is 18.3 Å². The summed E-state index contributed by atoms with van der Waals surface area (Å²) in [5.41, 5.74) is 6.08. The normalized spacial score (nSPS) is 12.8. The van der Waals surface area contributed by atoms with Gasteiger partial charge in [-0.1, -0.05) is 6.07 Å². The van der Waals surface area contributed by atoms with E-state index >= 15 is 0 Å². The summed E-state index contributed by atoms with van der Waals surface area (Å²) in [6, 6.07) is 2.17. The highest BCUT2D eigenvalue weighted by molar-refractivity contribution is 5.73. The number of hydrogen-bond acceptors (Lipinski definition) is 3. The van der Waals surface area contributed by atoms with Gasteiger partial charge in [0.15, 0.2) is 0 Å². The van der Waals surface area contributed by atoms with Gasteiger partial charge in [-0.15, -0.1) is 0 Å². The van der Waals surface area contributed by atoms with Crippen molar-refractivity contribution in [3.8, 4) is 0 Å². The number of nitrogens with zero attached hydrogens (tertiary/aromatic N) is 1. The number of carbonyl (C=O) groups is 1. The molecule has 1 rings (SSSR count). The Balaban J connectivity index is 2.95. The summed E-state index contributed by atoms with van der Waals surface area (Å²) >= 11 is 0. The predicted molar refractivity (Wildman–Crippen MR) is 60.4 cm³/mol. The Hall–Kier alpha value is -1.62. The zero-order valence-electron chi connectivity index (χ0n) is 9.38. The van der Waals surface area contributed by atoms with E-state index in [2.05, 4.69) is 0 Å². The lowest BCUT2D eigenvalue weighted by atomic mass is 10.1. The average molecular weight is 224 g/mol. The van der Waals surface area contributed by atoms with Crippen molar-refractivity contribution in [2.75, 3.05) is 0 Å². The molecule has 0 aliphatic rings. The number of hydrogen-bond donors (Lipinski definition) is 2. The molecule has 1 heterocycles. The summed E-state index contributed by atoms with van der Waals surface area (Å²) in [7, 11) is 0. The molecule has 0 amide bonds. The van der Waals surface area contributed by atoms with Gasteiger partial charge in [0.05, 0.1) is 0 Å². The molecule has 0 saturated heterocycles. The molecule has 1 aromatic heterocycles. The standard InChI is InChI=1S/C11H16N2O3/c1-7(2)13-6-8(3-4-10(13)14)5-9(12)11(15)16/h3-4,6-7,9H,5,12H2,1-2H3,(H,15,16)/t9-/m1/s1. The van der Waals surface area contributed by atoms with Crippen LogP contribution in [-0.2, 0) is 11.2 Å². The summed E-state index contributed by atoms with van der Waals surface area (Å²) < 4.78 is 1.56. The number of carboxylic acids is 1. The maximum Gasteiger partial charge on any atom is 0.320 e. The van der Waals surface area contributed by atoms with E-state index in [1.165, 1.54) is 6.07 Å². The van der Waals surface area contributed by atoms with Gasteiger partial charge in [-0.25, -0.2) is 0 Å². The summed E-state index contributed by atoms with van der Waals surface area (Å²) in [5.74, 6) is -1.04. The Morgan fingerprint density at radius 2 is 2.12 bits per heavy atom. The first-order chi connectivity index (χ1) is 7.41. The summed E-state index contributed by atoms with van der Waals surface area (Å²) in [6.45, 7) is 3.78. The van der Waals surface area contributed by atoms with E-state index in [1.54, 1.807) is 16.8 Å².